The minimum Gasteiger partial charge on any atom is -0.380 e. The second kappa shape index (κ2) is 2.80. The highest BCUT2D eigenvalue weighted by atomic mass is 16.5. The zero-order valence-electron chi connectivity index (χ0n) is 8.44. The van der Waals surface area contributed by atoms with Crippen LogP contribution >= 0.6 is 0 Å². The van der Waals surface area contributed by atoms with Gasteiger partial charge < -0.3 is 4.74 Å². The summed E-state index contributed by atoms with van der Waals surface area (Å²) in [6.07, 6.45) is 5.41. The van der Waals surface area contributed by atoms with E-state index in [2.05, 4.69) is 11.1 Å². The number of hydrogen-bond donors (Lipinski definition) is 0. The second-order valence-corrected chi connectivity index (χ2v) is 4.78. The highest BCUT2D eigenvalue weighted by Crippen LogP contribution is 2.58. The zero-order valence-corrected chi connectivity index (χ0v) is 8.44. The first-order valence-corrected chi connectivity index (χ1v) is 5.18. The number of nitriles is 1. The van der Waals surface area contributed by atoms with Gasteiger partial charge in [0.1, 0.15) is 0 Å². The smallest absolute Gasteiger partial charge is 0.0837 e. The summed E-state index contributed by atoms with van der Waals surface area (Å²) < 4.78 is 5.23. The molecular formula is C12H12N2O. The maximum Gasteiger partial charge on any atom is 0.0837 e. The molecule has 0 bridgehead atoms. The number of nitrogens with zero attached hydrogens (tertiary/aromatic N) is 2. The van der Waals surface area contributed by atoms with E-state index in [9.17, 15) is 5.26 Å². The highest BCUT2D eigenvalue weighted by molar-refractivity contribution is 5.37. The Morgan fingerprint density at radius 3 is 2.40 bits per heavy atom. The average molecular weight is 200 g/mol. The molecule has 1 saturated heterocycles. The standard InChI is InChI=1S/C12H12N2O/c13-7-12(10-1-3-14-4-2-10)5-11(6-12)8-15-9-11/h1-4H,5-6,8-9H2. The van der Waals surface area contributed by atoms with Gasteiger partial charge >= 0.3 is 0 Å². The van der Waals surface area contributed by atoms with Crippen LogP contribution in [0, 0.1) is 16.7 Å². The van der Waals surface area contributed by atoms with E-state index in [0.717, 1.165) is 31.6 Å². The fourth-order valence-corrected chi connectivity index (χ4v) is 2.84. The van der Waals surface area contributed by atoms with E-state index < -0.39 is 0 Å². The molecule has 3 heteroatoms. The van der Waals surface area contributed by atoms with E-state index in [1.165, 1.54) is 0 Å². The lowest BCUT2D eigenvalue weighted by Crippen LogP contribution is -2.59. The third-order valence-corrected chi connectivity index (χ3v) is 3.62. The molecule has 2 heterocycles. The van der Waals surface area contributed by atoms with Crippen molar-refractivity contribution in [2.75, 3.05) is 13.2 Å². The van der Waals surface area contributed by atoms with E-state index in [1.54, 1.807) is 12.4 Å². The average Bonchev–Trinajstić information content (AvgIpc) is 2.17. The van der Waals surface area contributed by atoms with Crippen LogP contribution in [0.3, 0.4) is 0 Å². The van der Waals surface area contributed by atoms with Crippen molar-refractivity contribution in [3.8, 4) is 6.07 Å². The van der Waals surface area contributed by atoms with Crippen molar-refractivity contribution < 1.29 is 4.74 Å². The zero-order chi connectivity index (χ0) is 10.4. The molecule has 2 fully saturated rings. The van der Waals surface area contributed by atoms with Crippen molar-refractivity contribution >= 4 is 0 Å². The Bertz CT molecular complexity index is 409. The fraction of sp³-hybridized carbons (Fsp3) is 0.500. The number of rotatable bonds is 1. The third kappa shape index (κ3) is 1.12. The van der Waals surface area contributed by atoms with Crippen LogP contribution in [0.5, 0.6) is 0 Å². The van der Waals surface area contributed by atoms with Crippen LogP contribution in [0.4, 0.5) is 0 Å². The highest BCUT2D eigenvalue weighted by Gasteiger charge is 2.59. The molecule has 15 heavy (non-hydrogen) atoms. The maximum absolute atomic E-state index is 9.33. The number of ether oxygens (including phenoxy) is 1. The van der Waals surface area contributed by atoms with Crippen LogP contribution in [0.1, 0.15) is 18.4 Å². The van der Waals surface area contributed by atoms with Gasteiger partial charge in [-0.3, -0.25) is 4.98 Å². The van der Waals surface area contributed by atoms with E-state index in [0.29, 0.717) is 5.41 Å². The van der Waals surface area contributed by atoms with Crippen LogP contribution < -0.4 is 0 Å². The Morgan fingerprint density at radius 2 is 1.93 bits per heavy atom. The van der Waals surface area contributed by atoms with Gasteiger partial charge in [-0.1, -0.05) is 0 Å². The quantitative estimate of drug-likeness (QED) is 0.692. The Hall–Kier alpha value is -1.40. The molecule has 3 rings (SSSR count). The normalized spacial score (nSPS) is 25.0. The number of aromatic nitrogens is 1. The summed E-state index contributed by atoms with van der Waals surface area (Å²) in [6.45, 7) is 1.67. The molecule has 0 aromatic carbocycles. The van der Waals surface area contributed by atoms with Crippen molar-refractivity contribution in [1.29, 1.82) is 5.26 Å². The van der Waals surface area contributed by atoms with Gasteiger partial charge in [0.2, 0.25) is 0 Å². The van der Waals surface area contributed by atoms with Crippen LogP contribution in [-0.4, -0.2) is 18.2 Å². The summed E-state index contributed by atoms with van der Waals surface area (Å²) in [5.74, 6) is 0. The van der Waals surface area contributed by atoms with Crippen molar-refractivity contribution in [1.82, 2.24) is 4.98 Å². The van der Waals surface area contributed by atoms with Gasteiger partial charge in [-0.25, -0.2) is 0 Å². The summed E-state index contributed by atoms with van der Waals surface area (Å²) in [4.78, 5) is 3.99. The summed E-state index contributed by atoms with van der Waals surface area (Å²) >= 11 is 0. The van der Waals surface area contributed by atoms with Crippen molar-refractivity contribution in [2.45, 2.75) is 18.3 Å². The van der Waals surface area contributed by atoms with Crippen LogP contribution in [0.25, 0.3) is 0 Å². The fourth-order valence-electron chi connectivity index (χ4n) is 2.84. The molecule has 0 N–H and O–H groups in total. The van der Waals surface area contributed by atoms with Crippen molar-refractivity contribution in [2.24, 2.45) is 5.41 Å². The largest absolute Gasteiger partial charge is 0.380 e. The minimum atomic E-state index is -0.271. The molecule has 0 amide bonds. The molecule has 1 aliphatic heterocycles. The molecular weight excluding hydrogens is 188 g/mol. The SMILES string of the molecule is N#CC1(c2ccncc2)CC2(COC2)C1. The molecule has 1 saturated carbocycles. The van der Waals surface area contributed by atoms with Gasteiger partial charge in [0, 0.05) is 17.8 Å². The molecule has 1 aromatic rings. The topological polar surface area (TPSA) is 45.9 Å². The van der Waals surface area contributed by atoms with E-state index >= 15 is 0 Å². The van der Waals surface area contributed by atoms with Gasteiger partial charge in [-0.15, -0.1) is 0 Å². The summed E-state index contributed by atoms with van der Waals surface area (Å²) in [5.41, 5.74) is 1.16. The number of hydrogen-bond acceptors (Lipinski definition) is 3. The van der Waals surface area contributed by atoms with Gasteiger partial charge in [0.05, 0.1) is 24.7 Å². The monoisotopic (exact) mass is 200 g/mol. The minimum absolute atomic E-state index is 0.271. The predicted octanol–water partition coefficient (Wildman–Crippen LogP) is 1.65. The Labute approximate surface area is 88.7 Å². The second-order valence-electron chi connectivity index (χ2n) is 4.78. The molecule has 0 unspecified atom stereocenters. The van der Waals surface area contributed by atoms with Gasteiger partial charge in [0.25, 0.3) is 0 Å². The van der Waals surface area contributed by atoms with Crippen molar-refractivity contribution in [3.05, 3.63) is 30.1 Å². The van der Waals surface area contributed by atoms with Crippen molar-refractivity contribution in [3.63, 3.8) is 0 Å². The van der Waals surface area contributed by atoms with Crippen LogP contribution in [0.15, 0.2) is 24.5 Å². The lowest BCUT2D eigenvalue weighted by Gasteiger charge is -2.57. The Balaban J connectivity index is 1.88. The summed E-state index contributed by atoms with van der Waals surface area (Å²) in [7, 11) is 0. The van der Waals surface area contributed by atoms with Gasteiger partial charge in [-0.05, 0) is 30.5 Å². The molecule has 76 valence electrons. The molecule has 2 aliphatic rings. The first-order chi connectivity index (χ1) is 7.29. The molecule has 1 spiro atoms. The lowest BCUT2D eigenvalue weighted by atomic mass is 9.50. The van der Waals surface area contributed by atoms with Gasteiger partial charge in [0.15, 0.2) is 0 Å². The molecule has 0 radical (unpaired) electrons. The molecule has 1 aliphatic carbocycles. The molecule has 1 aromatic heterocycles. The Kier molecular flexibility index (Phi) is 1.66. The third-order valence-electron chi connectivity index (χ3n) is 3.62. The first kappa shape index (κ1) is 8.87. The molecule has 0 atom stereocenters. The maximum atomic E-state index is 9.33. The predicted molar refractivity (Wildman–Crippen MR) is 54.0 cm³/mol. The van der Waals surface area contributed by atoms with Gasteiger partial charge in [-0.2, -0.15) is 5.26 Å². The Morgan fingerprint density at radius 1 is 1.27 bits per heavy atom. The van der Waals surface area contributed by atoms with Crippen LogP contribution in [-0.2, 0) is 10.2 Å². The lowest BCUT2D eigenvalue weighted by molar-refractivity contribution is -0.178. The number of pyridine rings is 1. The van der Waals surface area contributed by atoms with E-state index in [4.69, 9.17) is 4.74 Å². The molecule has 3 nitrogen and oxygen atoms in total. The summed E-state index contributed by atoms with van der Waals surface area (Å²) in [6, 6.07) is 6.38. The van der Waals surface area contributed by atoms with E-state index in [1.807, 2.05) is 12.1 Å². The van der Waals surface area contributed by atoms with Crippen LogP contribution in [0.2, 0.25) is 0 Å². The first-order valence-electron chi connectivity index (χ1n) is 5.18. The summed E-state index contributed by atoms with van der Waals surface area (Å²) in [5, 5.41) is 9.33. The van der Waals surface area contributed by atoms with E-state index in [-0.39, 0.29) is 5.41 Å².